The van der Waals surface area contributed by atoms with Crippen LogP contribution in [0.25, 0.3) is 11.1 Å². The zero-order chi connectivity index (χ0) is 15.6. The minimum absolute atomic E-state index is 0.0535. The average Bonchev–Trinajstić information content (AvgIpc) is 2.48. The quantitative estimate of drug-likeness (QED) is 0.609. The van der Waals surface area contributed by atoms with E-state index in [1.807, 2.05) is 12.1 Å². The lowest BCUT2D eigenvalue weighted by atomic mass is 9.99. The molecule has 0 saturated carbocycles. The minimum atomic E-state index is -0.631. The van der Waals surface area contributed by atoms with Gasteiger partial charge in [-0.25, -0.2) is 0 Å². The Bertz CT molecular complexity index is 835. The molecule has 0 aliphatic rings. The second-order valence-electron chi connectivity index (χ2n) is 3.99. The topological polar surface area (TPSA) is 90.7 Å². The van der Waals surface area contributed by atoms with Crippen LogP contribution in [-0.2, 0) is 0 Å². The second-order valence-corrected chi connectivity index (χ2v) is 4.81. The van der Waals surface area contributed by atoms with Crippen molar-refractivity contribution < 1.29 is 4.92 Å². The summed E-state index contributed by atoms with van der Waals surface area (Å²) in [5.74, 6) is 0. The number of benzene rings is 2. The Balaban J connectivity index is 2.80. The Labute approximate surface area is 129 Å². The van der Waals surface area contributed by atoms with E-state index in [4.69, 9.17) is 33.7 Å². The monoisotopic (exact) mass is 317 g/mol. The minimum Gasteiger partial charge on any atom is -0.258 e. The van der Waals surface area contributed by atoms with Crippen LogP contribution in [0.2, 0.25) is 10.0 Å². The molecule has 0 aliphatic carbocycles. The molecule has 0 N–H and O–H groups in total. The van der Waals surface area contributed by atoms with Gasteiger partial charge in [0.05, 0.1) is 26.6 Å². The number of nitrogens with zero attached hydrogens (tertiary/aromatic N) is 3. The lowest BCUT2D eigenvalue weighted by Crippen LogP contribution is -1.95. The molecule has 7 heteroatoms. The molecule has 0 heterocycles. The van der Waals surface area contributed by atoms with Crippen LogP contribution in [0.3, 0.4) is 0 Å². The van der Waals surface area contributed by atoms with E-state index < -0.39 is 4.92 Å². The predicted molar refractivity (Wildman–Crippen MR) is 78.0 cm³/mol. The molecule has 0 fully saturated rings. The van der Waals surface area contributed by atoms with Crippen molar-refractivity contribution in [3.63, 3.8) is 0 Å². The summed E-state index contributed by atoms with van der Waals surface area (Å²) in [7, 11) is 0. The standard InChI is InChI=1S/C14H5Cl2N3O2/c15-11-3-4-12(16)14(19(20)21)13(11)8-1-2-9(6-17)10(5-8)7-18/h1-5H. The molecule has 2 rings (SSSR count). The third kappa shape index (κ3) is 2.66. The first-order valence-corrected chi connectivity index (χ1v) is 6.32. The molecule has 0 radical (unpaired) electrons. The Morgan fingerprint density at radius 2 is 1.62 bits per heavy atom. The van der Waals surface area contributed by atoms with Gasteiger partial charge < -0.3 is 0 Å². The van der Waals surface area contributed by atoms with Crippen LogP contribution >= 0.6 is 23.2 Å². The zero-order valence-corrected chi connectivity index (χ0v) is 11.8. The molecule has 5 nitrogen and oxygen atoms in total. The van der Waals surface area contributed by atoms with Gasteiger partial charge in [0, 0.05) is 0 Å². The molecule has 0 spiro atoms. The SMILES string of the molecule is N#Cc1ccc(-c2c(Cl)ccc(Cl)c2[N+](=O)[O-])cc1C#N. The molecule has 0 amide bonds. The van der Waals surface area contributed by atoms with E-state index in [2.05, 4.69) is 0 Å². The Morgan fingerprint density at radius 1 is 1.00 bits per heavy atom. The molecular weight excluding hydrogens is 313 g/mol. The molecule has 2 aromatic rings. The maximum absolute atomic E-state index is 11.2. The second kappa shape index (κ2) is 5.80. The summed E-state index contributed by atoms with van der Waals surface area (Å²) in [5.41, 5.74) is 0.431. The lowest BCUT2D eigenvalue weighted by molar-refractivity contribution is -0.384. The number of hydrogen-bond acceptors (Lipinski definition) is 4. The van der Waals surface area contributed by atoms with Crippen LogP contribution in [0.1, 0.15) is 11.1 Å². The first-order valence-electron chi connectivity index (χ1n) is 5.56. The number of nitro groups is 1. The largest absolute Gasteiger partial charge is 0.297 e. The van der Waals surface area contributed by atoms with E-state index in [1.165, 1.54) is 30.3 Å². The van der Waals surface area contributed by atoms with Crippen molar-refractivity contribution in [2.75, 3.05) is 0 Å². The summed E-state index contributed by atoms with van der Waals surface area (Å²) < 4.78 is 0. The number of nitro benzene ring substituents is 1. The van der Waals surface area contributed by atoms with Gasteiger partial charge in [0.15, 0.2) is 0 Å². The van der Waals surface area contributed by atoms with E-state index in [-0.39, 0.29) is 32.4 Å². The van der Waals surface area contributed by atoms with Gasteiger partial charge in [0.1, 0.15) is 17.2 Å². The van der Waals surface area contributed by atoms with Crippen LogP contribution in [0.4, 0.5) is 5.69 Å². The Morgan fingerprint density at radius 3 is 2.19 bits per heavy atom. The van der Waals surface area contributed by atoms with E-state index in [1.54, 1.807) is 0 Å². The molecule has 0 saturated heterocycles. The first kappa shape index (κ1) is 14.8. The molecule has 2 aromatic carbocycles. The summed E-state index contributed by atoms with van der Waals surface area (Å²) in [6, 6.07) is 10.8. The molecule has 0 unspecified atom stereocenters. The third-order valence-corrected chi connectivity index (χ3v) is 3.43. The van der Waals surface area contributed by atoms with Crippen LogP contribution < -0.4 is 0 Å². The summed E-state index contributed by atoms with van der Waals surface area (Å²) >= 11 is 11.9. The van der Waals surface area contributed by atoms with Gasteiger partial charge in [-0.15, -0.1) is 0 Å². The van der Waals surface area contributed by atoms with Gasteiger partial charge in [-0.05, 0) is 29.8 Å². The number of nitriles is 2. The fourth-order valence-corrected chi connectivity index (χ4v) is 2.37. The highest BCUT2D eigenvalue weighted by Crippen LogP contribution is 2.41. The molecule has 0 aromatic heterocycles. The fourth-order valence-electron chi connectivity index (χ4n) is 1.88. The zero-order valence-electron chi connectivity index (χ0n) is 10.3. The van der Waals surface area contributed by atoms with Crippen molar-refractivity contribution in [2.45, 2.75) is 0 Å². The summed E-state index contributed by atoms with van der Waals surface area (Å²) in [5, 5.41) is 29.2. The van der Waals surface area contributed by atoms with E-state index in [0.29, 0.717) is 5.56 Å². The van der Waals surface area contributed by atoms with E-state index in [9.17, 15) is 10.1 Å². The van der Waals surface area contributed by atoms with Gasteiger partial charge in [0.2, 0.25) is 0 Å². The van der Waals surface area contributed by atoms with Crippen LogP contribution in [0, 0.1) is 32.8 Å². The summed E-state index contributed by atoms with van der Waals surface area (Å²) in [6.07, 6.45) is 0. The maximum Gasteiger partial charge on any atom is 0.297 e. The third-order valence-electron chi connectivity index (χ3n) is 2.81. The highest BCUT2D eigenvalue weighted by Gasteiger charge is 2.23. The van der Waals surface area contributed by atoms with Gasteiger partial charge in [-0.1, -0.05) is 29.3 Å². The van der Waals surface area contributed by atoms with Crippen molar-refractivity contribution >= 4 is 28.9 Å². The Hall–Kier alpha value is -2.60. The van der Waals surface area contributed by atoms with Crippen molar-refractivity contribution in [2.24, 2.45) is 0 Å². The molecular formula is C14H5Cl2N3O2. The van der Waals surface area contributed by atoms with Gasteiger partial charge in [-0.2, -0.15) is 10.5 Å². The number of hydrogen-bond donors (Lipinski definition) is 0. The normalized spacial score (nSPS) is 9.71. The predicted octanol–water partition coefficient (Wildman–Crippen LogP) is 4.31. The van der Waals surface area contributed by atoms with Crippen LogP contribution in [-0.4, -0.2) is 4.92 Å². The van der Waals surface area contributed by atoms with Crippen LogP contribution in [0.15, 0.2) is 30.3 Å². The van der Waals surface area contributed by atoms with Gasteiger partial charge in [0.25, 0.3) is 5.69 Å². The smallest absolute Gasteiger partial charge is 0.258 e. The summed E-state index contributed by atoms with van der Waals surface area (Å²) in [6.45, 7) is 0. The number of rotatable bonds is 2. The van der Waals surface area contributed by atoms with Crippen LogP contribution in [0.5, 0.6) is 0 Å². The van der Waals surface area contributed by atoms with Crippen molar-refractivity contribution in [1.29, 1.82) is 10.5 Å². The van der Waals surface area contributed by atoms with E-state index in [0.717, 1.165) is 0 Å². The number of halogens is 2. The molecule has 21 heavy (non-hydrogen) atoms. The highest BCUT2D eigenvalue weighted by molar-refractivity contribution is 6.37. The molecule has 102 valence electrons. The van der Waals surface area contributed by atoms with Gasteiger partial charge >= 0.3 is 0 Å². The fraction of sp³-hybridized carbons (Fsp3) is 0. The highest BCUT2D eigenvalue weighted by atomic mass is 35.5. The Kier molecular flexibility index (Phi) is 4.09. The van der Waals surface area contributed by atoms with Crippen molar-refractivity contribution in [3.8, 4) is 23.3 Å². The van der Waals surface area contributed by atoms with E-state index >= 15 is 0 Å². The van der Waals surface area contributed by atoms with Crippen molar-refractivity contribution in [1.82, 2.24) is 0 Å². The summed E-state index contributed by atoms with van der Waals surface area (Å²) in [4.78, 5) is 10.6. The average molecular weight is 318 g/mol. The maximum atomic E-state index is 11.2. The molecule has 0 atom stereocenters. The lowest BCUT2D eigenvalue weighted by Gasteiger charge is -2.08. The molecule has 0 bridgehead atoms. The van der Waals surface area contributed by atoms with Gasteiger partial charge in [-0.3, -0.25) is 10.1 Å². The molecule has 0 aliphatic heterocycles. The first-order chi connectivity index (χ1) is 9.99. The van der Waals surface area contributed by atoms with Crippen molar-refractivity contribution in [3.05, 3.63) is 61.6 Å².